The second kappa shape index (κ2) is 4.10. The molecule has 0 fully saturated rings. The number of amides is 2. The molecular weight excluding hydrogens is 264 g/mol. The van der Waals surface area contributed by atoms with Crippen molar-refractivity contribution in [1.29, 1.82) is 0 Å². The number of fused-ring (bicyclic) bond motifs is 1. The molecule has 0 unspecified atom stereocenters. The lowest BCUT2D eigenvalue weighted by atomic mass is 10.3. The van der Waals surface area contributed by atoms with Gasteiger partial charge in [0.25, 0.3) is 10.0 Å². The fourth-order valence-corrected chi connectivity index (χ4v) is 3.50. The van der Waals surface area contributed by atoms with Gasteiger partial charge in [-0.2, -0.15) is 4.31 Å². The highest BCUT2D eigenvalue weighted by molar-refractivity contribution is 7.94. The fraction of sp³-hybridized carbons (Fsp3) is 0. The Morgan fingerprint density at radius 1 is 0.895 bits per heavy atom. The third kappa shape index (κ3) is 1.77. The molecule has 0 spiro atoms. The molecule has 6 heteroatoms. The summed E-state index contributed by atoms with van der Waals surface area (Å²) >= 11 is 0. The van der Waals surface area contributed by atoms with Gasteiger partial charge in [-0.1, -0.05) is 30.3 Å². The van der Waals surface area contributed by atoms with E-state index in [9.17, 15) is 13.2 Å². The van der Waals surface area contributed by atoms with Crippen LogP contribution < -0.4 is 9.62 Å². The number of para-hydroxylation sites is 2. The molecule has 0 saturated carbocycles. The van der Waals surface area contributed by atoms with E-state index in [1.54, 1.807) is 48.5 Å². The number of hydrogen-bond acceptors (Lipinski definition) is 3. The first-order valence-corrected chi connectivity index (χ1v) is 7.05. The molecule has 0 aromatic heterocycles. The quantitative estimate of drug-likeness (QED) is 0.868. The molecule has 0 saturated heterocycles. The second-order valence-corrected chi connectivity index (χ2v) is 5.79. The molecule has 0 radical (unpaired) electrons. The molecule has 1 N–H and O–H groups in total. The number of urea groups is 1. The standard InChI is InChI=1S/C13H10N2O3S/c16-13-14-11-8-4-5-9-12(11)19(17,18)15(13)10-6-2-1-3-7-10/h1-9H,(H,14,16). The number of sulfonamides is 1. The summed E-state index contributed by atoms with van der Waals surface area (Å²) in [7, 11) is -3.86. The second-order valence-electron chi connectivity index (χ2n) is 4.03. The van der Waals surface area contributed by atoms with Crippen molar-refractivity contribution in [3.05, 3.63) is 54.6 Å². The van der Waals surface area contributed by atoms with Crippen LogP contribution in [-0.2, 0) is 10.0 Å². The Labute approximate surface area is 110 Å². The van der Waals surface area contributed by atoms with Crippen molar-refractivity contribution in [2.45, 2.75) is 4.90 Å². The molecular formula is C13H10N2O3S. The van der Waals surface area contributed by atoms with Crippen LogP contribution in [-0.4, -0.2) is 14.4 Å². The van der Waals surface area contributed by atoms with Gasteiger partial charge in [0.1, 0.15) is 4.90 Å². The first-order chi connectivity index (χ1) is 9.10. The Kier molecular flexibility index (Phi) is 2.53. The average Bonchev–Trinajstić information content (AvgIpc) is 2.39. The van der Waals surface area contributed by atoms with Gasteiger partial charge in [0, 0.05) is 0 Å². The van der Waals surface area contributed by atoms with E-state index in [-0.39, 0.29) is 4.90 Å². The first-order valence-electron chi connectivity index (χ1n) is 5.61. The summed E-state index contributed by atoms with van der Waals surface area (Å²) in [5.74, 6) is 0. The zero-order chi connectivity index (χ0) is 13.5. The van der Waals surface area contributed by atoms with Crippen LogP contribution in [0.15, 0.2) is 59.5 Å². The first kappa shape index (κ1) is 11.7. The van der Waals surface area contributed by atoms with Crippen molar-refractivity contribution in [3.63, 3.8) is 0 Å². The van der Waals surface area contributed by atoms with Crippen molar-refractivity contribution in [2.75, 3.05) is 9.62 Å². The third-order valence-electron chi connectivity index (χ3n) is 2.82. The summed E-state index contributed by atoms with van der Waals surface area (Å²) in [5.41, 5.74) is 0.620. The number of rotatable bonds is 1. The van der Waals surface area contributed by atoms with E-state index < -0.39 is 16.1 Å². The Morgan fingerprint density at radius 3 is 2.26 bits per heavy atom. The van der Waals surface area contributed by atoms with Crippen LogP contribution in [0.3, 0.4) is 0 Å². The number of nitrogens with zero attached hydrogens (tertiary/aromatic N) is 1. The normalized spacial score (nSPS) is 16.6. The maximum atomic E-state index is 12.5. The lowest BCUT2D eigenvalue weighted by Gasteiger charge is -2.28. The molecule has 2 aromatic rings. The van der Waals surface area contributed by atoms with E-state index in [1.165, 1.54) is 6.07 Å². The van der Waals surface area contributed by atoms with Crippen molar-refractivity contribution in [2.24, 2.45) is 0 Å². The summed E-state index contributed by atoms with van der Waals surface area (Å²) < 4.78 is 25.7. The van der Waals surface area contributed by atoms with Gasteiger partial charge < -0.3 is 5.32 Å². The van der Waals surface area contributed by atoms with E-state index >= 15 is 0 Å². The predicted octanol–water partition coefficient (Wildman–Crippen LogP) is 2.43. The molecule has 1 aliphatic heterocycles. The van der Waals surface area contributed by atoms with Crippen molar-refractivity contribution in [3.8, 4) is 0 Å². The minimum absolute atomic E-state index is 0.0958. The Hall–Kier alpha value is -2.34. The molecule has 19 heavy (non-hydrogen) atoms. The Balaban J connectivity index is 2.22. The summed E-state index contributed by atoms with van der Waals surface area (Å²) in [4.78, 5) is 12.1. The molecule has 3 rings (SSSR count). The highest BCUT2D eigenvalue weighted by atomic mass is 32.2. The minimum atomic E-state index is -3.86. The fourth-order valence-electron chi connectivity index (χ4n) is 1.99. The number of nitrogens with one attached hydrogen (secondary N) is 1. The Bertz CT molecular complexity index is 741. The number of anilines is 2. The molecule has 0 atom stereocenters. The summed E-state index contributed by atoms with van der Waals surface area (Å²) in [5, 5.41) is 2.57. The van der Waals surface area contributed by atoms with Crippen LogP contribution in [0.1, 0.15) is 0 Å². The zero-order valence-corrected chi connectivity index (χ0v) is 10.6. The van der Waals surface area contributed by atoms with Gasteiger partial charge in [-0.3, -0.25) is 0 Å². The van der Waals surface area contributed by atoms with E-state index in [0.29, 0.717) is 11.4 Å². The van der Waals surface area contributed by atoms with Crippen LogP contribution >= 0.6 is 0 Å². The van der Waals surface area contributed by atoms with E-state index in [1.807, 2.05) is 0 Å². The maximum absolute atomic E-state index is 12.5. The predicted molar refractivity (Wildman–Crippen MR) is 71.6 cm³/mol. The molecule has 1 aliphatic rings. The van der Waals surface area contributed by atoms with Crippen molar-refractivity contribution < 1.29 is 13.2 Å². The lowest BCUT2D eigenvalue weighted by Crippen LogP contribution is -2.44. The van der Waals surface area contributed by atoms with Gasteiger partial charge in [0.2, 0.25) is 0 Å². The van der Waals surface area contributed by atoms with Crippen LogP contribution in [0.5, 0.6) is 0 Å². The molecule has 2 amide bonds. The van der Waals surface area contributed by atoms with Crippen LogP contribution in [0.25, 0.3) is 0 Å². The largest absolute Gasteiger partial charge is 0.340 e. The van der Waals surface area contributed by atoms with Gasteiger partial charge in [-0.25, -0.2) is 13.2 Å². The van der Waals surface area contributed by atoms with E-state index in [0.717, 1.165) is 4.31 Å². The molecule has 1 heterocycles. The number of hydrogen-bond donors (Lipinski definition) is 1. The van der Waals surface area contributed by atoms with Gasteiger partial charge in [0.15, 0.2) is 0 Å². The molecule has 5 nitrogen and oxygen atoms in total. The molecule has 0 aliphatic carbocycles. The smallest absolute Gasteiger partial charge is 0.305 e. The summed E-state index contributed by atoms with van der Waals surface area (Å²) in [6.07, 6.45) is 0. The molecule has 96 valence electrons. The SMILES string of the molecule is O=C1Nc2ccccc2S(=O)(=O)N1c1ccccc1. The summed E-state index contributed by atoms with van der Waals surface area (Å²) in [6, 6.07) is 13.9. The van der Waals surface area contributed by atoms with Crippen LogP contribution in [0, 0.1) is 0 Å². The van der Waals surface area contributed by atoms with E-state index in [2.05, 4.69) is 5.32 Å². The number of carbonyl (C=O) groups is 1. The third-order valence-corrected chi connectivity index (χ3v) is 4.59. The van der Waals surface area contributed by atoms with Crippen molar-refractivity contribution >= 4 is 27.4 Å². The van der Waals surface area contributed by atoms with Gasteiger partial charge in [0.05, 0.1) is 11.4 Å². The topological polar surface area (TPSA) is 66.5 Å². The number of carbonyl (C=O) groups excluding carboxylic acids is 1. The monoisotopic (exact) mass is 274 g/mol. The maximum Gasteiger partial charge on any atom is 0.340 e. The van der Waals surface area contributed by atoms with Gasteiger partial charge in [-0.05, 0) is 24.3 Å². The molecule has 2 aromatic carbocycles. The highest BCUT2D eigenvalue weighted by Crippen LogP contribution is 2.32. The number of benzene rings is 2. The van der Waals surface area contributed by atoms with E-state index in [4.69, 9.17) is 0 Å². The lowest BCUT2D eigenvalue weighted by molar-refractivity contribution is 0.259. The summed E-state index contributed by atoms with van der Waals surface area (Å²) in [6.45, 7) is 0. The zero-order valence-electron chi connectivity index (χ0n) is 9.78. The van der Waals surface area contributed by atoms with Crippen molar-refractivity contribution in [1.82, 2.24) is 0 Å². The van der Waals surface area contributed by atoms with Gasteiger partial charge >= 0.3 is 6.03 Å². The molecule has 0 bridgehead atoms. The minimum Gasteiger partial charge on any atom is -0.305 e. The van der Waals surface area contributed by atoms with Gasteiger partial charge in [-0.15, -0.1) is 0 Å². The van der Waals surface area contributed by atoms with Crippen LogP contribution in [0.4, 0.5) is 16.2 Å². The Morgan fingerprint density at radius 2 is 1.53 bits per heavy atom. The van der Waals surface area contributed by atoms with Crippen LogP contribution in [0.2, 0.25) is 0 Å². The average molecular weight is 274 g/mol. The highest BCUT2D eigenvalue weighted by Gasteiger charge is 2.37.